The fraction of sp³-hybridized carbons (Fsp3) is 0.600. The Kier molecular flexibility index (Phi) is 5.63. The number of nitrogen functional groups attached to an aromatic ring is 1. The lowest BCUT2D eigenvalue weighted by molar-refractivity contribution is -0.144. The average molecular weight is 377 g/mol. The maximum atomic E-state index is 13.3. The van der Waals surface area contributed by atoms with E-state index in [1.54, 1.807) is 46.6 Å². The van der Waals surface area contributed by atoms with Crippen LogP contribution in [0.2, 0.25) is 0 Å². The molecule has 150 valence electrons. The zero-order valence-electron chi connectivity index (χ0n) is 17.1. The molecule has 27 heavy (non-hydrogen) atoms. The van der Waals surface area contributed by atoms with Crippen LogP contribution in [0.3, 0.4) is 0 Å². The number of carbonyl (C=O) groups is 2. The molecule has 0 spiro atoms. The Morgan fingerprint density at radius 3 is 2.07 bits per heavy atom. The summed E-state index contributed by atoms with van der Waals surface area (Å²) in [4.78, 5) is 28.1. The number of nitrogens with zero attached hydrogens (tertiary/aromatic N) is 2. The average Bonchev–Trinajstić information content (AvgIpc) is 2.73. The van der Waals surface area contributed by atoms with E-state index >= 15 is 0 Å². The second kappa shape index (κ2) is 7.29. The van der Waals surface area contributed by atoms with E-state index in [2.05, 4.69) is 0 Å². The van der Waals surface area contributed by atoms with Crippen molar-refractivity contribution in [3.05, 3.63) is 23.3 Å². The van der Waals surface area contributed by atoms with Gasteiger partial charge in [-0.15, -0.1) is 0 Å². The third-order valence-electron chi connectivity index (χ3n) is 5.09. The van der Waals surface area contributed by atoms with Gasteiger partial charge in [-0.25, -0.2) is 4.79 Å². The third-order valence-corrected chi connectivity index (χ3v) is 5.09. The van der Waals surface area contributed by atoms with Gasteiger partial charge in [0, 0.05) is 18.6 Å². The summed E-state index contributed by atoms with van der Waals surface area (Å²) in [7, 11) is 1.58. The highest BCUT2D eigenvalue weighted by molar-refractivity contribution is 5.89. The Balaban J connectivity index is 2.26. The van der Waals surface area contributed by atoms with Crippen LogP contribution in [0.25, 0.3) is 0 Å². The molecule has 1 aliphatic heterocycles. The summed E-state index contributed by atoms with van der Waals surface area (Å²) in [6, 6.07) is 3.84. The first-order valence-corrected chi connectivity index (χ1v) is 9.17. The van der Waals surface area contributed by atoms with Crippen LogP contribution in [0.1, 0.15) is 45.7 Å². The summed E-state index contributed by atoms with van der Waals surface area (Å²) >= 11 is 0. The molecule has 1 aromatic carbocycles. The molecular weight excluding hydrogens is 346 g/mol. The molecule has 1 aliphatic rings. The molecular formula is C20H31N3O4. The summed E-state index contributed by atoms with van der Waals surface area (Å²) < 4.78 is 5.30. The van der Waals surface area contributed by atoms with E-state index in [1.165, 1.54) is 4.90 Å². The second-order valence-corrected chi connectivity index (χ2v) is 8.50. The van der Waals surface area contributed by atoms with E-state index in [9.17, 15) is 14.7 Å². The van der Waals surface area contributed by atoms with Gasteiger partial charge in [0.1, 0.15) is 11.3 Å². The monoisotopic (exact) mass is 377 g/mol. The maximum absolute atomic E-state index is 13.3. The van der Waals surface area contributed by atoms with Gasteiger partial charge in [-0.3, -0.25) is 9.69 Å². The SMILES string of the molecule is COc1cc2c(cc1N)CCN(C(=O)C(C)(C)N(C(=O)O)C(C)(C)C)CC2. The van der Waals surface area contributed by atoms with Crippen molar-refractivity contribution in [3.63, 3.8) is 0 Å². The largest absolute Gasteiger partial charge is 0.495 e. The Morgan fingerprint density at radius 2 is 1.63 bits per heavy atom. The molecule has 0 saturated heterocycles. The zero-order valence-corrected chi connectivity index (χ0v) is 17.1. The van der Waals surface area contributed by atoms with E-state index < -0.39 is 17.2 Å². The van der Waals surface area contributed by atoms with Crippen molar-refractivity contribution >= 4 is 17.7 Å². The molecule has 0 aromatic heterocycles. The molecule has 0 bridgehead atoms. The van der Waals surface area contributed by atoms with Crippen LogP contribution in [-0.2, 0) is 17.6 Å². The van der Waals surface area contributed by atoms with E-state index in [0.717, 1.165) is 11.1 Å². The van der Waals surface area contributed by atoms with Crippen molar-refractivity contribution in [3.8, 4) is 5.75 Å². The topological polar surface area (TPSA) is 96.1 Å². The van der Waals surface area contributed by atoms with Crippen molar-refractivity contribution in [2.24, 2.45) is 0 Å². The predicted octanol–water partition coefficient (Wildman–Crippen LogP) is 2.76. The van der Waals surface area contributed by atoms with E-state index in [1.807, 2.05) is 12.1 Å². The number of ether oxygens (including phenoxy) is 1. The van der Waals surface area contributed by atoms with Crippen molar-refractivity contribution in [2.75, 3.05) is 25.9 Å². The number of hydrogen-bond donors (Lipinski definition) is 2. The van der Waals surface area contributed by atoms with Gasteiger partial charge >= 0.3 is 6.09 Å². The molecule has 3 N–H and O–H groups in total. The van der Waals surface area contributed by atoms with Crippen LogP contribution in [0.4, 0.5) is 10.5 Å². The number of rotatable bonds is 3. The van der Waals surface area contributed by atoms with Crippen molar-refractivity contribution in [2.45, 2.75) is 58.5 Å². The highest BCUT2D eigenvalue weighted by atomic mass is 16.5. The summed E-state index contributed by atoms with van der Waals surface area (Å²) in [5.41, 5.74) is 6.95. The van der Waals surface area contributed by atoms with Gasteiger partial charge in [0.05, 0.1) is 12.8 Å². The van der Waals surface area contributed by atoms with Gasteiger partial charge in [0.25, 0.3) is 0 Å². The lowest BCUT2D eigenvalue weighted by Gasteiger charge is -2.45. The number of anilines is 1. The van der Waals surface area contributed by atoms with Crippen LogP contribution >= 0.6 is 0 Å². The first-order chi connectivity index (χ1) is 12.4. The molecule has 7 heteroatoms. The quantitative estimate of drug-likeness (QED) is 0.790. The van der Waals surface area contributed by atoms with E-state index in [-0.39, 0.29) is 5.91 Å². The van der Waals surface area contributed by atoms with Gasteiger partial charge in [-0.1, -0.05) is 0 Å². The Bertz CT molecular complexity index is 737. The molecule has 7 nitrogen and oxygen atoms in total. The minimum absolute atomic E-state index is 0.187. The lowest BCUT2D eigenvalue weighted by Crippen LogP contribution is -2.63. The van der Waals surface area contributed by atoms with Gasteiger partial charge in [-0.05, 0) is 70.7 Å². The molecule has 0 unspecified atom stereocenters. The van der Waals surface area contributed by atoms with Crippen molar-refractivity contribution in [1.82, 2.24) is 9.80 Å². The fourth-order valence-corrected chi connectivity index (χ4v) is 4.00. The number of fused-ring (bicyclic) bond motifs is 1. The number of amides is 2. The molecule has 2 rings (SSSR count). The van der Waals surface area contributed by atoms with Gasteiger partial charge in [-0.2, -0.15) is 0 Å². The van der Waals surface area contributed by atoms with Crippen LogP contribution in [0.15, 0.2) is 12.1 Å². The van der Waals surface area contributed by atoms with Crippen LogP contribution in [0, 0.1) is 0 Å². The molecule has 0 atom stereocenters. The van der Waals surface area contributed by atoms with Gasteiger partial charge in [0.15, 0.2) is 0 Å². The van der Waals surface area contributed by atoms with E-state index in [0.29, 0.717) is 37.4 Å². The van der Waals surface area contributed by atoms with Gasteiger partial charge in [0.2, 0.25) is 5.91 Å². The summed E-state index contributed by atoms with van der Waals surface area (Å²) in [5, 5.41) is 9.70. The fourth-order valence-electron chi connectivity index (χ4n) is 4.00. The smallest absolute Gasteiger partial charge is 0.408 e. The first kappa shape index (κ1) is 20.9. The molecule has 0 fully saturated rings. The van der Waals surface area contributed by atoms with Crippen LogP contribution in [-0.4, -0.2) is 58.2 Å². The van der Waals surface area contributed by atoms with Crippen LogP contribution in [0.5, 0.6) is 5.75 Å². The summed E-state index contributed by atoms with van der Waals surface area (Å²) in [6.07, 6.45) is 0.251. The number of hydrogen-bond acceptors (Lipinski definition) is 4. The minimum Gasteiger partial charge on any atom is -0.495 e. The highest BCUT2D eigenvalue weighted by Gasteiger charge is 2.45. The molecule has 0 aliphatic carbocycles. The Morgan fingerprint density at radius 1 is 1.11 bits per heavy atom. The number of carbonyl (C=O) groups excluding carboxylic acids is 1. The number of methoxy groups -OCH3 is 1. The number of carboxylic acid groups (broad SMARTS) is 1. The molecule has 0 radical (unpaired) electrons. The van der Waals surface area contributed by atoms with Crippen molar-refractivity contribution in [1.29, 1.82) is 0 Å². The molecule has 1 aromatic rings. The van der Waals surface area contributed by atoms with Crippen molar-refractivity contribution < 1.29 is 19.4 Å². The Labute approximate surface area is 161 Å². The van der Waals surface area contributed by atoms with Gasteiger partial charge < -0.3 is 20.5 Å². The zero-order chi connectivity index (χ0) is 20.6. The first-order valence-electron chi connectivity index (χ1n) is 9.17. The normalized spacial score (nSPS) is 15.0. The highest BCUT2D eigenvalue weighted by Crippen LogP contribution is 2.31. The standard InChI is InChI=1S/C20H31N3O4/c1-19(2,3)23(18(25)26)20(4,5)17(24)22-9-7-13-11-15(21)16(27-6)12-14(13)8-10-22/h11-12H,7-10,21H2,1-6H3,(H,25,26). The second-order valence-electron chi connectivity index (χ2n) is 8.50. The molecule has 1 heterocycles. The third kappa shape index (κ3) is 4.12. The van der Waals surface area contributed by atoms with Crippen LogP contribution < -0.4 is 10.5 Å². The Hall–Kier alpha value is -2.44. The maximum Gasteiger partial charge on any atom is 0.408 e. The minimum atomic E-state index is -1.17. The number of benzene rings is 1. The lowest BCUT2D eigenvalue weighted by atomic mass is 9.93. The predicted molar refractivity (Wildman–Crippen MR) is 105 cm³/mol. The number of nitrogens with two attached hydrogens (primary N) is 1. The summed E-state index contributed by atoms with van der Waals surface area (Å²) in [6.45, 7) is 9.79. The molecule has 0 saturated carbocycles. The summed E-state index contributed by atoms with van der Waals surface area (Å²) in [5.74, 6) is 0.450. The molecule has 2 amide bonds. The van der Waals surface area contributed by atoms with E-state index in [4.69, 9.17) is 10.5 Å².